The van der Waals surface area contributed by atoms with Crippen LogP contribution in [-0.2, 0) is 0 Å². The molecule has 0 spiro atoms. The SMILES string of the molecule is FC1(F)C(F)(F)C(F)(SC2(F)C(F)(F)C(F)(F)C2(F)F)C1(F)F. The average molecular weight is 394 g/mol. The van der Waals surface area contributed by atoms with Gasteiger partial charge in [-0.25, -0.2) is 8.78 Å². The second-order valence-corrected chi connectivity index (χ2v) is 6.07. The van der Waals surface area contributed by atoms with Crippen LogP contribution in [0.2, 0.25) is 0 Å². The number of alkyl halides is 14. The van der Waals surface area contributed by atoms with Crippen molar-refractivity contribution in [3.63, 3.8) is 0 Å². The molecule has 0 amide bonds. The Morgan fingerprint density at radius 1 is 0.304 bits per heavy atom. The minimum atomic E-state index is -6.58. The van der Waals surface area contributed by atoms with E-state index in [1.54, 1.807) is 0 Å². The van der Waals surface area contributed by atoms with Crippen LogP contribution in [0.3, 0.4) is 0 Å². The van der Waals surface area contributed by atoms with Crippen molar-refractivity contribution in [1.82, 2.24) is 0 Å². The summed E-state index contributed by atoms with van der Waals surface area (Å²) in [4.78, 5) is 0. The third-order valence-corrected chi connectivity index (χ3v) is 5.06. The second kappa shape index (κ2) is 3.79. The summed E-state index contributed by atoms with van der Waals surface area (Å²) < 4.78 is 179. The predicted octanol–water partition coefficient (Wildman–Crippen LogP) is 4.89. The first-order valence-corrected chi connectivity index (χ1v) is 5.87. The normalized spacial score (nSPS) is 35.7. The van der Waals surface area contributed by atoms with E-state index >= 15 is 0 Å². The monoisotopic (exact) mass is 394 g/mol. The van der Waals surface area contributed by atoms with Gasteiger partial charge in [0.2, 0.25) is 0 Å². The maximum absolute atomic E-state index is 13.4. The van der Waals surface area contributed by atoms with Crippen LogP contribution in [0.25, 0.3) is 0 Å². The zero-order valence-electron chi connectivity index (χ0n) is 9.70. The Morgan fingerprint density at radius 3 is 0.652 bits per heavy atom. The summed E-state index contributed by atoms with van der Waals surface area (Å²) in [5, 5.41) is -12.6. The number of thioether (sulfide) groups is 1. The van der Waals surface area contributed by atoms with Crippen LogP contribution in [0.15, 0.2) is 0 Å². The lowest BCUT2D eigenvalue weighted by Crippen LogP contribution is -2.88. The first kappa shape index (κ1) is 18.7. The Morgan fingerprint density at radius 2 is 0.478 bits per heavy atom. The van der Waals surface area contributed by atoms with Gasteiger partial charge in [0.25, 0.3) is 10.0 Å². The number of hydrogen-bond donors (Lipinski definition) is 0. The molecular weight excluding hydrogens is 394 g/mol. The molecule has 136 valence electrons. The first-order valence-electron chi connectivity index (χ1n) is 5.05. The van der Waals surface area contributed by atoms with Crippen molar-refractivity contribution in [2.75, 3.05) is 0 Å². The van der Waals surface area contributed by atoms with Crippen LogP contribution in [0.1, 0.15) is 0 Å². The smallest absolute Gasteiger partial charge is 0.218 e. The Kier molecular flexibility index (Phi) is 3.08. The van der Waals surface area contributed by atoms with Crippen molar-refractivity contribution in [1.29, 1.82) is 0 Å². The Hall–Kier alpha value is -0.630. The zero-order valence-corrected chi connectivity index (χ0v) is 10.5. The molecule has 0 aromatic rings. The molecule has 0 aromatic heterocycles. The molecule has 2 fully saturated rings. The molecule has 23 heavy (non-hydrogen) atoms. The summed E-state index contributed by atoms with van der Waals surface area (Å²) in [5.74, 6) is -39.4. The highest BCUT2D eigenvalue weighted by Crippen LogP contribution is 2.80. The largest absolute Gasteiger partial charge is 0.380 e. The van der Waals surface area contributed by atoms with Gasteiger partial charge in [-0.15, -0.1) is 0 Å². The molecule has 0 unspecified atom stereocenters. The molecule has 15 heteroatoms. The third kappa shape index (κ3) is 1.34. The van der Waals surface area contributed by atoms with E-state index in [0.717, 1.165) is 0 Å². The van der Waals surface area contributed by atoms with Crippen LogP contribution in [0.5, 0.6) is 0 Å². The van der Waals surface area contributed by atoms with Gasteiger partial charge >= 0.3 is 35.5 Å². The van der Waals surface area contributed by atoms with Crippen LogP contribution >= 0.6 is 11.8 Å². The Balaban J connectivity index is 2.51. The molecule has 0 N–H and O–H groups in total. The number of rotatable bonds is 2. The minimum Gasteiger partial charge on any atom is -0.218 e. The summed E-state index contributed by atoms with van der Waals surface area (Å²) in [6.07, 6.45) is 0. The summed E-state index contributed by atoms with van der Waals surface area (Å²) >= 11 is -2.98. The third-order valence-electron chi connectivity index (χ3n) is 3.47. The molecule has 0 heterocycles. The van der Waals surface area contributed by atoms with Crippen molar-refractivity contribution in [3.8, 4) is 0 Å². The van der Waals surface area contributed by atoms with E-state index in [1.165, 1.54) is 0 Å². The zero-order chi connectivity index (χ0) is 18.7. The number of halogens is 14. The van der Waals surface area contributed by atoms with Crippen LogP contribution in [0, 0.1) is 0 Å². The van der Waals surface area contributed by atoms with Crippen LogP contribution in [-0.4, -0.2) is 45.5 Å². The quantitative estimate of drug-likeness (QED) is 0.602. The Labute approximate surface area is 120 Å². The molecule has 0 bridgehead atoms. The molecule has 2 rings (SSSR count). The fourth-order valence-corrected chi connectivity index (χ4v) is 3.33. The van der Waals surface area contributed by atoms with Crippen molar-refractivity contribution in [3.05, 3.63) is 0 Å². The first-order chi connectivity index (χ1) is 9.71. The van der Waals surface area contributed by atoms with Crippen molar-refractivity contribution >= 4 is 11.8 Å². The molecule has 0 saturated heterocycles. The van der Waals surface area contributed by atoms with Crippen molar-refractivity contribution in [2.24, 2.45) is 0 Å². The summed E-state index contributed by atoms with van der Waals surface area (Å²) in [5.41, 5.74) is 0. The van der Waals surface area contributed by atoms with E-state index in [1.807, 2.05) is 0 Å². The van der Waals surface area contributed by atoms with Crippen LogP contribution < -0.4 is 0 Å². The van der Waals surface area contributed by atoms with Gasteiger partial charge in [-0.2, -0.15) is 52.7 Å². The maximum atomic E-state index is 13.4. The van der Waals surface area contributed by atoms with E-state index in [-0.39, 0.29) is 0 Å². The molecule has 0 atom stereocenters. The van der Waals surface area contributed by atoms with Gasteiger partial charge in [-0.05, 0) is 0 Å². The van der Waals surface area contributed by atoms with Gasteiger partial charge in [0.05, 0.1) is 0 Å². The van der Waals surface area contributed by atoms with E-state index < -0.39 is 57.3 Å². The molecular formula is C8F14S. The highest BCUT2D eigenvalue weighted by Gasteiger charge is 3.07. The lowest BCUT2D eigenvalue weighted by Gasteiger charge is -2.59. The number of hydrogen-bond acceptors (Lipinski definition) is 1. The molecule has 0 aromatic carbocycles. The summed E-state index contributed by atoms with van der Waals surface area (Å²) in [7, 11) is 0. The second-order valence-electron chi connectivity index (χ2n) is 4.74. The van der Waals surface area contributed by atoms with E-state index in [2.05, 4.69) is 0 Å². The molecule has 0 nitrogen and oxygen atoms in total. The molecule has 0 aliphatic heterocycles. The lowest BCUT2D eigenvalue weighted by molar-refractivity contribution is -0.457. The van der Waals surface area contributed by atoms with Crippen molar-refractivity contribution in [2.45, 2.75) is 45.5 Å². The van der Waals surface area contributed by atoms with E-state index in [0.29, 0.717) is 0 Å². The highest BCUT2D eigenvalue weighted by atomic mass is 32.2. The Bertz CT molecular complexity index is 465. The molecule has 2 aliphatic rings. The van der Waals surface area contributed by atoms with Gasteiger partial charge in [-0.3, -0.25) is 0 Å². The highest BCUT2D eigenvalue weighted by molar-refractivity contribution is 8.02. The van der Waals surface area contributed by atoms with Gasteiger partial charge in [0.15, 0.2) is 0 Å². The maximum Gasteiger partial charge on any atom is 0.380 e. The standard InChI is InChI=1S/C8F14S/c9-1(10)3(13,14)7(21,4(1,15)16)23-8(22)5(17,18)2(11,12)6(8,19)20. The summed E-state index contributed by atoms with van der Waals surface area (Å²) in [6, 6.07) is 0. The van der Waals surface area contributed by atoms with E-state index in [4.69, 9.17) is 0 Å². The summed E-state index contributed by atoms with van der Waals surface area (Å²) in [6.45, 7) is 0. The topological polar surface area (TPSA) is 0 Å². The molecule has 2 saturated carbocycles. The van der Waals surface area contributed by atoms with Crippen LogP contribution in [0.4, 0.5) is 61.5 Å². The van der Waals surface area contributed by atoms with E-state index in [9.17, 15) is 61.5 Å². The minimum absolute atomic E-state index is 2.98. The van der Waals surface area contributed by atoms with Gasteiger partial charge in [0, 0.05) is 0 Å². The lowest BCUT2D eigenvalue weighted by atomic mass is 9.80. The fraction of sp³-hybridized carbons (Fsp3) is 1.00. The molecule has 2 aliphatic carbocycles. The van der Waals surface area contributed by atoms with Crippen molar-refractivity contribution < 1.29 is 61.5 Å². The predicted molar refractivity (Wildman–Crippen MR) is 45.0 cm³/mol. The van der Waals surface area contributed by atoms with Gasteiger partial charge in [0.1, 0.15) is 0 Å². The van der Waals surface area contributed by atoms with Gasteiger partial charge in [-0.1, -0.05) is 11.8 Å². The average Bonchev–Trinajstić information content (AvgIpc) is 2.35. The van der Waals surface area contributed by atoms with Gasteiger partial charge < -0.3 is 0 Å². The molecule has 0 radical (unpaired) electrons. The fourth-order valence-electron chi connectivity index (χ4n) is 1.92.